The van der Waals surface area contributed by atoms with E-state index in [0.717, 1.165) is 16.7 Å². The summed E-state index contributed by atoms with van der Waals surface area (Å²) < 4.78 is 18.2. The Morgan fingerprint density at radius 3 is 2.58 bits per heavy atom. The Kier molecular flexibility index (Phi) is 4.66. The molecule has 3 heteroatoms. The third-order valence-electron chi connectivity index (χ3n) is 2.96. The summed E-state index contributed by atoms with van der Waals surface area (Å²) in [6.07, 6.45) is -0.243. The van der Waals surface area contributed by atoms with Crippen molar-refractivity contribution in [3.05, 3.63) is 71.0 Å². The van der Waals surface area contributed by atoms with E-state index in [1.54, 1.807) is 13.2 Å². The quantitative estimate of drug-likeness (QED) is 0.894. The Morgan fingerprint density at radius 2 is 1.84 bits per heavy atom. The van der Waals surface area contributed by atoms with E-state index >= 15 is 0 Å². The highest BCUT2D eigenvalue weighted by atomic mass is 19.1. The Hall–Kier alpha value is -1.71. The van der Waals surface area contributed by atoms with Crippen LogP contribution in [0.5, 0.6) is 0 Å². The molecule has 0 saturated carbocycles. The van der Waals surface area contributed by atoms with Gasteiger partial charge in [0.2, 0.25) is 0 Å². The fourth-order valence-corrected chi connectivity index (χ4v) is 2.06. The lowest BCUT2D eigenvalue weighted by molar-refractivity contribution is 0.175. The van der Waals surface area contributed by atoms with Gasteiger partial charge in [0.15, 0.2) is 0 Å². The number of methoxy groups -OCH3 is 1. The highest BCUT2D eigenvalue weighted by molar-refractivity contribution is 5.27. The van der Waals surface area contributed by atoms with Gasteiger partial charge in [-0.3, -0.25) is 0 Å². The van der Waals surface area contributed by atoms with Gasteiger partial charge >= 0.3 is 0 Å². The minimum Gasteiger partial charge on any atom is -0.388 e. The van der Waals surface area contributed by atoms with Crippen molar-refractivity contribution in [1.29, 1.82) is 0 Å². The minimum absolute atomic E-state index is 0.280. The van der Waals surface area contributed by atoms with E-state index in [1.165, 1.54) is 12.1 Å². The second kappa shape index (κ2) is 6.45. The van der Waals surface area contributed by atoms with Crippen LogP contribution < -0.4 is 0 Å². The summed E-state index contributed by atoms with van der Waals surface area (Å²) in [5.74, 6) is -0.280. The maximum atomic E-state index is 13.1. The lowest BCUT2D eigenvalue weighted by Crippen LogP contribution is -2.03. The van der Waals surface area contributed by atoms with Crippen molar-refractivity contribution >= 4 is 0 Å². The standard InChI is InChI=1S/C16H17FO2/c1-19-11-13-5-2-6-14(8-13)16(18)10-12-4-3-7-15(17)9-12/h2-9,16,18H,10-11H2,1H3. The monoisotopic (exact) mass is 260 g/mol. The molecule has 0 aliphatic carbocycles. The molecule has 2 aromatic rings. The fourth-order valence-electron chi connectivity index (χ4n) is 2.06. The van der Waals surface area contributed by atoms with Crippen molar-refractivity contribution in [2.45, 2.75) is 19.1 Å². The molecule has 1 N–H and O–H groups in total. The third-order valence-corrected chi connectivity index (χ3v) is 2.96. The zero-order chi connectivity index (χ0) is 13.7. The van der Waals surface area contributed by atoms with Crippen LogP contribution in [0.4, 0.5) is 4.39 Å². The number of halogens is 1. The molecule has 0 bridgehead atoms. The van der Waals surface area contributed by atoms with Crippen LogP contribution in [0.25, 0.3) is 0 Å². The average molecular weight is 260 g/mol. The number of hydrogen-bond donors (Lipinski definition) is 1. The van der Waals surface area contributed by atoms with Gasteiger partial charge in [0.05, 0.1) is 12.7 Å². The average Bonchev–Trinajstić information content (AvgIpc) is 2.39. The Balaban J connectivity index is 2.11. The number of aliphatic hydroxyl groups is 1. The number of hydrogen-bond acceptors (Lipinski definition) is 2. The summed E-state index contributed by atoms with van der Waals surface area (Å²) >= 11 is 0. The molecule has 2 aromatic carbocycles. The largest absolute Gasteiger partial charge is 0.388 e. The summed E-state index contributed by atoms with van der Waals surface area (Å²) in [6, 6.07) is 13.9. The van der Waals surface area contributed by atoms with E-state index in [9.17, 15) is 9.50 Å². The lowest BCUT2D eigenvalue weighted by atomic mass is 10.00. The second-order valence-electron chi connectivity index (χ2n) is 4.53. The van der Waals surface area contributed by atoms with E-state index in [-0.39, 0.29) is 5.82 Å². The smallest absolute Gasteiger partial charge is 0.123 e. The number of ether oxygens (including phenoxy) is 1. The van der Waals surface area contributed by atoms with E-state index in [2.05, 4.69) is 0 Å². The number of rotatable bonds is 5. The van der Waals surface area contributed by atoms with Gasteiger partial charge in [0.25, 0.3) is 0 Å². The zero-order valence-electron chi connectivity index (χ0n) is 10.8. The molecule has 0 heterocycles. The molecule has 0 fully saturated rings. The first-order valence-corrected chi connectivity index (χ1v) is 6.19. The van der Waals surface area contributed by atoms with Crippen molar-refractivity contribution < 1.29 is 14.2 Å². The summed E-state index contributed by atoms with van der Waals surface area (Å²) in [5.41, 5.74) is 2.61. The summed E-state index contributed by atoms with van der Waals surface area (Å²) in [5, 5.41) is 10.2. The van der Waals surface area contributed by atoms with Gasteiger partial charge in [0.1, 0.15) is 5.82 Å². The van der Waals surface area contributed by atoms with Gasteiger partial charge < -0.3 is 9.84 Å². The molecule has 2 rings (SSSR count). The van der Waals surface area contributed by atoms with Crippen LogP contribution in [0.1, 0.15) is 22.8 Å². The van der Waals surface area contributed by atoms with Gasteiger partial charge in [-0.25, -0.2) is 4.39 Å². The van der Waals surface area contributed by atoms with Gasteiger partial charge in [-0.15, -0.1) is 0 Å². The molecule has 100 valence electrons. The van der Waals surface area contributed by atoms with E-state index < -0.39 is 6.10 Å². The van der Waals surface area contributed by atoms with Gasteiger partial charge in [-0.2, -0.15) is 0 Å². The first kappa shape index (κ1) is 13.7. The van der Waals surface area contributed by atoms with E-state index in [4.69, 9.17) is 4.74 Å². The van der Waals surface area contributed by atoms with Crippen molar-refractivity contribution in [3.63, 3.8) is 0 Å². The summed E-state index contributed by atoms with van der Waals surface area (Å²) in [4.78, 5) is 0. The first-order chi connectivity index (χ1) is 9.19. The first-order valence-electron chi connectivity index (χ1n) is 6.19. The van der Waals surface area contributed by atoms with Crippen molar-refractivity contribution in [1.82, 2.24) is 0 Å². The van der Waals surface area contributed by atoms with Crippen LogP contribution in [-0.4, -0.2) is 12.2 Å². The Morgan fingerprint density at radius 1 is 1.11 bits per heavy atom. The summed E-state index contributed by atoms with van der Waals surface area (Å²) in [7, 11) is 1.63. The topological polar surface area (TPSA) is 29.5 Å². The zero-order valence-corrected chi connectivity index (χ0v) is 10.8. The minimum atomic E-state index is -0.640. The van der Waals surface area contributed by atoms with Gasteiger partial charge in [0, 0.05) is 13.5 Å². The van der Waals surface area contributed by atoms with E-state index in [0.29, 0.717) is 13.0 Å². The van der Waals surface area contributed by atoms with Crippen LogP contribution in [0.15, 0.2) is 48.5 Å². The molecule has 0 aromatic heterocycles. The van der Waals surface area contributed by atoms with Crippen LogP contribution in [-0.2, 0) is 17.8 Å². The summed E-state index contributed by atoms with van der Waals surface area (Å²) in [6.45, 7) is 0.514. The van der Waals surface area contributed by atoms with Crippen molar-refractivity contribution in [3.8, 4) is 0 Å². The second-order valence-corrected chi connectivity index (χ2v) is 4.53. The fraction of sp³-hybridized carbons (Fsp3) is 0.250. The molecule has 1 atom stereocenters. The third kappa shape index (κ3) is 3.88. The van der Waals surface area contributed by atoms with Gasteiger partial charge in [-0.1, -0.05) is 36.4 Å². The molecule has 0 saturated heterocycles. The number of aliphatic hydroxyl groups excluding tert-OH is 1. The predicted octanol–water partition coefficient (Wildman–Crippen LogP) is 3.25. The molecular formula is C16H17FO2. The Labute approximate surface area is 112 Å². The highest BCUT2D eigenvalue weighted by Crippen LogP contribution is 2.20. The maximum absolute atomic E-state index is 13.1. The van der Waals surface area contributed by atoms with Crippen LogP contribution in [0, 0.1) is 5.82 Å². The lowest BCUT2D eigenvalue weighted by Gasteiger charge is -2.12. The van der Waals surface area contributed by atoms with Gasteiger partial charge in [-0.05, 0) is 28.8 Å². The van der Waals surface area contributed by atoms with Crippen LogP contribution in [0.2, 0.25) is 0 Å². The molecule has 0 aliphatic rings. The maximum Gasteiger partial charge on any atom is 0.123 e. The van der Waals surface area contributed by atoms with Crippen molar-refractivity contribution in [2.24, 2.45) is 0 Å². The predicted molar refractivity (Wildman–Crippen MR) is 72.2 cm³/mol. The van der Waals surface area contributed by atoms with Crippen LogP contribution >= 0.6 is 0 Å². The molecule has 1 unspecified atom stereocenters. The molecule has 0 aliphatic heterocycles. The molecule has 0 radical (unpaired) electrons. The number of benzene rings is 2. The molecule has 19 heavy (non-hydrogen) atoms. The Bertz CT molecular complexity index is 540. The molecular weight excluding hydrogens is 243 g/mol. The van der Waals surface area contributed by atoms with Crippen LogP contribution in [0.3, 0.4) is 0 Å². The highest BCUT2D eigenvalue weighted by Gasteiger charge is 2.09. The van der Waals surface area contributed by atoms with E-state index in [1.807, 2.05) is 30.3 Å². The molecule has 0 spiro atoms. The molecule has 2 nitrogen and oxygen atoms in total. The normalized spacial score (nSPS) is 12.4. The molecule has 0 amide bonds. The SMILES string of the molecule is COCc1cccc(C(O)Cc2cccc(F)c2)c1. The van der Waals surface area contributed by atoms with Crippen molar-refractivity contribution in [2.75, 3.05) is 7.11 Å².